The summed E-state index contributed by atoms with van der Waals surface area (Å²) in [5.41, 5.74) is 1.42. The van der Waals surface area contributed by atoms with Crippen molar-refractivity contribution in [3.8, 4) is 0 Å². The molecule has 0 unspecified atom stereocenters. The Labute approximate surface area is 195 Å². The maximum Gasteiger partial charge on any atom is 0.338 e. The largest absolute Gasteiger partial charge is 0.462 e. The van der Waals surface area contributed by atoms with Crippen LogP contribution in [0.4, 0.5) is 5.69 Å². The molecule has 0 amide bonds. The molecule has 0 aliphatic carbocycles. The number of thiocarbonyl (C=S) groups is 1. The Balaban J connectivity index is 1.57. The van der Waals surface area contributed by atoms with Crippen LogP contribution >= 0.6 is 23.6 Å². The van der Waals surface area contributed by atoms with Crippen molar-refractivity contribution in [3.05, 3.63) is 52.2 Å². The number of hydrogen-bond acceptors (Lipinski definition) is 5. The van der Waals surface area contributed by atoms with Gasteiger partial charge < -0.3 is 19.9 Å². The van der Waals surface area contributed by atoms with E-state index in [0.29, 0.717) is 17.3 Å². The minimum absolute atomic E-state index is 0.303. The van der Waals surface area contributed by atoms with E-state index in [2.05, 4.69) is 39.6 Å². The number of likely N-dealkylation sites (tertiary alicyclic amines) is 1. The van der Waals surface area contributed by atoms with Crippen LogP contribution < -0.4 is 5.32 Å². The third kappa shape index (κ3) is 7.59. The highest BCUT2D eigenvalue weighted by Gasteiger charge is 2.17. The van der Waals surface area contributed by atoms with Gasteiger partial charge in [-0.05, 0) is 93.1 Å². The van der Waals surface area contributed by atoms with E-state index in [0.717, 1.165) is 37.7 Å². The molecule has 5 nitrogen and oxygen atoms in total. The first-order valence-electron chi connectivity index (χ1n) is 11.1. The Kier molecular flexibility index (Phi) is 9.31. The molecule has 1 atom stereocenters. The van der Waals surface area contributed by atoms with E-state index in [1.54, 1.807) is 30.4 Å². The normalized spacial score (nSPS) is 16.6. The predicted octanol–water partition coefficient (Wildman–Crippen LogP) is 5.25. The van der Waals surface area contributed by atoms with Crippen molar-refractivity contribution < 1.29 is 9.53 Å². The van der Waals surface area contributed by atoms with Crippen LogP contribution in [-0.2, 0) is 11.3 Å². The van der Waals surface area contributed by atoms with Crippen molar-refractivity contribution in [1.82, 2.24) is 9.80 Å². The summed E-state index contributed by atoms with van der Waals surface area (Å²) in [5.74, 6) is 0.499. The standard InChI is InChI=1S/C24H33N3O2S2/c1-3-29-23(28)20-9-11-21(12-10-20)25-24(30)27(18-22-8-5-16-31-22)15-6-14-26-13-4-7-19(2)17-26/h5,8-12,16,19H,3-4,6-7,13-15,17-18H2,1-2H3,(H,25,30)/t19-/m0/s1. The van der Waals surface area contributed by atoms with Crippen LogP contribution in [0.1, 0.15) is 48.3 Å². The molecular formula is C24H33N3O2S2. The molecule has 1 N–H and O–H groups in total. The van der Waals surface area contributed by atoms with Crippen molar-refractivity contribution in [1.29, 1.82) is 0 Å². The van der Waals surface area contributed by atoms with Gasteiger partial charge in [0.15, 0.2) is 5.11 Å². The Hall–Kier alpha value is -1.96. The summed E-state index contributed by atoms with van der Waals surface area (Å²) in [6.45, 7) is 9.78. The lowest BCUT2D eigenvalue weighted by Crippen LogP contribution is -2.39. The van der Waals surface area contributed by atoms with Crippen LogP contribution in [0.25, 0.3) is 0 Å². The van der Waals surface area contributed by atoms with Gasteiger partial charge in [-0.25, -0.2) is 4.79 Å². The molecule has 1 aromatic carbocycles. The molecule has 1 saturated heterocycles. The number of rotatable bonds is 9. The average molecular weight is 460 g/mol. The number of nitrogens with zero attached hydrogens (tertiary/aromatic N) is 2. The first-order valence-corrected chi connectivity index (χ1v) is 12.4. The third-order valence-corrected chi connectivity index (χ3v) is 6.73. The molecule has 2 heterocycles. The topological polar surface area (TPSA) is 44.8 Å². The lowest BCUT2D eigenvalue weighted by molar-refractivity contribution is 0.0526. The number of carbonyl (C=O) groups is 1. The van der Waals surface area contributed by atoms with Crippen LogP contribution in [0.5, 0.6) is 0 Å². The summed E-state index contributed by atoms with van der Waals surface area (Å²) in [6.07, 6.45) is 3.74. The van der Waals surface area contributed by atoms with E-state index in [9.17, 15) is 4.79 Å². The Morgan fingerprint density at radius 1 is 1.32 bits per heavy atom. The number of thiophene rings is 1. The maximum absolute atomic E-state index is 11.9. The molecule has 1 aromatic heterocycles. The van der Waals surface area contributed by atoms with Crippen molar-refractivity contribution in [2.45, 2.75) is 39.7 Å². The van der Waals surface area contributed by atoms with Crippen LogP contribution in [0.2, 0.25) is 0 Å². The summed E-state index contributed by atoms with van der Waals surface area (Å²) in [6, 6.07) is 11.5. The van der Waals surface area contributed by atoms with Gasteiger partial charge in [0.1, 0.15) is 0 Å². The molecule has 1 aliphatic rings. The monoisotopic (exact) mass is 459 g/mol. The third-order valence-electron chi connectivity index (χ3n) is 5.50. The van der Waals surface area contributed by atoms with Crippen LogP contribution in [0.3, 0.4) is 0 Å². The highest BCUT2D eigenvalue weighted by atomic mass is 32.1. The van der Waals surface area contributed by atoms with Gasteiger partial charge in [-0.3, -0.25) is 0 Å². The SMILES string of the molecule is CCOC(=O)c1ccc(NC(=S)N(CCCN2CCC[C@H](C)C2)Cc2cccs2)cc1. The number of nitrogens with one attached hydrogen (secondary N) is 1. The maximum atomic E-state index is 11.9. The van der Waals surface area contributed by atoms with Gasteiger partial charge in [-0.1, -0.05) is 13.0 Å². The smallest absolute Gasteiger partial charge is 0.338 e. The summed E-state index contributed by atoms with van der Waals surface area (Å²) >= 11 is 7.52. The number of esters is 1. The Bertz CT molecular complexity index is 824. The van der Waals surface area contributed by atoms with Gasteiger partial charge in [0.2, 0.25) is 0 Å². The van der Waals surface area contributed by atoms with Gasteiger partial charge in [-0.2, -0.15) is 0 Å². The average Bonchev–Trinajstić information content (AvgIpc) is 3.27. The highest BCUT2D eigenvalue weighted by molar-refractivity contribution is 7.80. The number of carbonyl (C=O) groups excluding carboxylic acids is 1. The first-order chi connectivity index (χ1) is 15.0. The summed E-state index contributed by atoms with van der Waals surface area (Å²) in [5, 5.41) is 6.16. The molecule has 7 heteroatoms. The number of benzene rings is 1. The molecule has 0 spiro atoms. The van der Waals surface area contributed by atoms with E-state index in [1.165, 1.54) is 30.8 Å². The van der Waals surface area contributed by atoms with E-state index in [4.69, 9.17) is 17.0 Å². The molecular weight excluding hydrogens is 426 g/mol. The van der Waals surface area contributed by atoms with Crippen LogP contribution in [0.15, 0.2) is 41.8 Å². The van der Waals surface area contributed by atoms with Crippen LogP contribution in [0, 0.1) is 5.92 Å². The van der Waals surface area contributed by atoms with Crippen molar-refractivity contribution >= 4 is 40.3 Å². The summed E-state index contributed by atoms with van der Waals surface area (Å²) in [4.78, 5) is 18.0. The quantitative estimate of drug-likeness (QED) is 0.408. The fourth-order valence-electron chi connectivity index (χ4n) is 3.92. The predicted molar refractivity (Wildman–Crippen MR) is 133 cm³/mol. The minimum atomic E-state index is -0.303. The van der Waals surface area contributed by atoms with Gasteiger partial charge in [0.25, 0.3) is 0 Å². The van der Waals surface area contributed by atoms with E-state index in [1.807, 2.05) is 12.1 Å². The second kappa shape index (κ2) is 12.2. The highest BCUT2D eigenvalue weighted by Crippen LogP contribution is 2.18. The van der Waals surface area contributed by atoms with Crippen molar-refractivity contribution in [2.24, 2.45) is 5.92 Å². The molecule has 1 aliphatic heterocycles. The van der Waals surface area contributed by atoms with Crippen molar-refractivity contribution in [2.75, 3.05) is 38.1 Å². The zero-order valence-electron chi connectivity index (χ0n) is 18.5. The molecule has 0 radical (unpaired) electrons. The molecule has 3 rings (SSSR count). The second-order valence-electron chi connectivity index (χ2n) is 8.13. The Morgan fingerprint density at radius 3 is 2.81 bits per heavy atom. The molecule has 31 heavy (non-hydrogen) atoms. The fraction of sp³-hybridized carbons (Fsp3) is 0.500. The lowest BCUT2D eigenvalue weighted by Gasteiger charge is -2.32. The first kappa shape index (κ1) is 23.7. The summed E-state index contributed by atoms with van der Waals surface area (Å²) in [7, 11) is 0. The van der Waals surface area contributed by atoms with Crippen molar-refractivity contribution in [3.63, 3.8) is 0 Å². The number of ether oxygens (including phenoxy) is 1. The second-order valence-corrected chi connectivity index (χ2v) is 9.55. The van der Waals surface area contributed by atoms with E-state index >= 15 is 0 Å². The lowest BCUT2D eigenvalue weighted by atomic mass is 10.0. The number of anilines is 1. The molecule has 2 aromatic rings. The zero-order chi connectivity index (χ0) is 22.1. The van der Waals surface area contributed by atoms with Gasteiger partial charge >= 0.3 is 5.97 Å². The minimum Gasteiger partial charge on any atom is -0.462 e. The van der Waals surface area contributed by atoms with Gasteiger partial charge in [0.05, 0.1) is 18.7 Å². The molecule has 168 valence electrons. The fourth-order valence-corrected chi connectivity index (χ4v) is 4.92. The Morgan fingerprint density at radius 2 is 2.13 bits per heavy atom. The van der Waals surface area contributed by atoms with Gasteiger partial charge in [-0.15, -0.1) is 11.3 Å². The molecule has 0 bridgehead atoms. The van der Waals surface area contributed by atoms with E-state index < -0.39 is 0 Å². The van der Waals surface area contributed by atoms with Gasteiger partial charge in [0, 0.05) is 23.7 Å². The van der Waals surface area contributed by atoms with Crippen LogP contribution in [-0.4, -0.2) is 53.7 Å². The molecule has 0 saturated carbocycles. The zero-order valence-corrected chi connectivity index (χ0v) is 20.1. The number of piperidine rings is 1. The molecule has 1 fully saturated rings. The number of hydrogen-bond donors (Lipinski definition) is 1. The summed E-state index contributed by atoms with van der Waals surface area (Å²) < 4.78 is 5.05. The van der Waals surface area contributed by atoms with E-state index in [-0.39, 0.29) is 5.97 Å².